The zero-order valence-electron chi connectivity index (χ0n) is 20.2. The van der Waals surface area contributed by atoms with Crippen LogP contribution in [0.5, 0.6) is 17.4 Å². The van der Waals surface area contributed by atoms with Crippen LogP contribution in [0.3, 0.4) is 0 Å². The van der Waals surface area contributed by atoms with Gasteiger partial charge in [0.25, 0.3) is 0 Å². The van der Waals surface area contributed by atoms with Crippen molar-refractivity contribution in [1.29, 1.82) is 0 Å². The van der Waals surface area contributed by atoms with Crippen molar-refractivity contribution in [2.45, 2.75) is 59.7 Å². The Morgan fingerprint density at radius 1 is 1.00 bits per heavy atom. The highest BCUT2D eigenvalue weighted by molar-refractivity contribution is 6.14. The maximum atomic E-state index is 10.7. The minimum Gasteiger partial charge on any atom is -0.494 e. The molecule has 0 atom stereocenters. The Morgan fingerprint density at radius 3 is 2.12 bits per heavy atom. The van der Waals surface area contributed by atoms with Crippen molar-refractivity contribution in [2.24, 2.45) is 4.99 Å². The van der Waals surface area contributed by atoms with E-state index in [1.54, 1.807) is 14.2 Å². The number of nitrogens with one attached hydrogen (secondary N) is 1. The number of methoxy groups -OCH3 is 2. The van der Waals surface area contributed by atoms with Crippen molar-refractivity contribution in [1.82, 2.24) is 9.88 Å². The first-order valence-corrected chi connectivity index (χ1v) is 11.2. The number of aromatic nitrogens is 1. The third kappa shape index (κ3) is 4.91. The number of hydrogen-bond acceptors (Lipinski definition) is 5. The predicted octanol–water partition coefficient (Wildman–Crippen LogP) is 6.04. The van der Waals surface area contributed by atoms with Gasteiger partial charge in [0.1, 0.15) is 0 Å². The van der Waals surface area contributed by atoms with E-state index in [9.17, 15) is 5.11 Å². The maximum Gasteiger partial charge on any atom is 0.198 e. The first-order valence-electron chi connectivity index (χ1n) is 11.2. The molecule has 0 fully saturated rings. The number of aliphatic imine (C=N–C) groups is 1. The van der Waals surface area contributed by atoms with Crippen molar-refractivity contribution < 1.29 is 14.6 Å². The number of nitrogens with zero attached hydrogens (tertiary/aromatic N) is 2. The molecule has 0 amide bonds. The third-order valence-electron chi connectivity index (χ3n) is 5.80. The number of H-pyrrole nitrogens is 1. The summed E-state index contributed by atoms with van der Waals surface area (Å²) < 4.78 is 10.8. The molecule has 0 unspecified atom stereocenters. The molecule has 3 aromatic rings. The van der Waals surface area contributed by atoms with Crippen molar-refractivity contribution in [3.05, 3.63) is 47.5 Å². The molecule has 0 aliphatic heterocycles. The molecule has 6 heteroatoms. The minimum atomic E-state index is 0.0945. The number of hydrogen-bond donors (Lipinski definition) is 2. The van der Waals surface area contributed by atoms with E-state index in [4.69, 9.17) is 14.5 Å². The van der Waals surface area contributed by atoms with E-state index in [2.05, 4.69) is 49.7 Å². The van der Waals surface area contributed by atoms with Gasteiger partial charge in [-0.25, -0.2) is 0 Å². The van der Waals surface area contributed by atoms with Gasteiger partial charge < -0.3 is 19.6 Å². The number of rotatable bonds is 9. The number of ether oxygens (including phenoxy) is 2. The van der Waals surface area contributed by atoms with E-state index in [0.717, 1.165) is 28.8 Å². The van der Waals surface area contributed by atoms with E-state index < -0.39 is 0 Å². The summed E-state index contributed by atoms with van der Waals surface area (Å²) in [6.45, 7) is 11.9. The molecule has 0 bridgehead atoms. The van der Waals surface area contributed by atoms with Gasteiger partial charge in [0, 0.05) is 30.1 Å². The van der Waals surface area contributed by atoms with Crippen LogP contribution in [-0.2, 0) is 6.54 Å². The second-order valence-electron chi connectivity index (χ2n) is 8.54. The van der Waals surface area contributed by atoms with Crippen LogP contribution in [-0.4, -0.2) is 47.0 Å². The highest BCUT2D eigenvalue weighted by Gasteiger charge is 2.19. The van der Waals surface area contributed by atoms with Crippen molar-refractivity contribution in [3.63, 3.8) is 0 Å². The molecule has 1 aromatic heterocycles. The number of aromatic hydroxyl groups is 1. The molecule has 0 aliphatic carbocycles. The lowest BCUT2D eigenvalue weighted by atomic mass is 10.1. The van der Waals surface area contributed by atoms with Crippen LogP contribution in [0.2, 0.25) is 0 Å². The fourth-order valence-electron chi connectivity index (χ4n) is 4.11. The van der Waals surface area contributed by atoms with Gasteiger partial charge in [-0.15, -0.1) is 0 Å². The fourth-order valence-corrected chi connectivity index (χ4v) is 4.11. The minimum absolute atomic E-state index is 0.0945. The molecule has 6 nitrogen and oxygen atoms in total. The molecule has 0 saturated heterocycles. The van der Waals surface area contributed by atoms with Gasteiger partial charge in [0.15, 0.2) is 17.4 Å². The molecule has 0 saturated carbocycles. The largest absolute Gasteiger partial charge is 0.494 e. The van der Waals surface area contributed by atoms with Crippen molar-refractivity contribution in [2.75, 3.05) is 14.2 Å². The summed E-state index contributed by atoms with van der Waals surface area (Å²) in [4.78, 5) is 10.4. The Labute approximate surface area is 190 Å². The molecule has 0 spiro atoms. The van der Waals surface area contributed by atoms with Crippen LogP contribution in [0.4, 0.5) is 5.69 Å². The van der Waals surface area contributed by atoms with E-state index in [0.29, 0.717) is 35.6 Å². The fraction of sp³-hybridized carbons (Fsp3) is 0.423. The zero-order valence-corrected chi connectivity index (χ0v) is 20.2. The van der Waals surface area contributed by atoms with Gasteiger partial charge in [-0.05, 0) is 57.9 Å². The molecule has 3 rings (SSSR count). The Morgan fingerprint density at radius 2 is 1.59 bits per heavy atom. The Balaban J connectivity index is 1.96. The molecule has 32 heavy (non-hydrogen) atoms. The summed E-state index contributed by atoms with van der Waals surface area (Å²) in [5, 5.41) is 11.5. The normalized spacial score (nSPS) is 12.4. The number of fused-ring (bicyclic) bond motifs is 1. The van der Waals surface area contributed by atoms with Gasteiger partial charge in [-0.3, -0.25) is 9.89 Å². The highest BCUT2D eigenvalue weighted by atomic mass is 16.5. The second kappa shape index (κ2) is 10.1. The van der Waals surface area contributed by atoms with E-state index in [1.165, 1.54) is 5.56 Å². The molecule has 0 aliphatic rings. The van der Waals surface area contributed by atoms with Gasteiger partial charge in [0.2, 0.25) is 0 Å². The van der Waals surface area contributed by atoms with Crippen LogP contribution in [0, 0.1) is 0 Å². The monoisotopic (exact) mass is 437 g/mol. The molecule has 172 valence electrons. The summed E-state index contributed by atoms with van der Waals surface area (Å²) in [6, 6.07) is 13.0. The third-order valence-corrected chi connectivity index (χ3v) is 5.80. The predicted molar refractivity (Wildman–Crippen MR) is 132 cm³/mol. The standard InChI is InChI=1S/C26H35N3O3/c1-8-21(25-20-13-23(31-6)24(32-7)14-22(20)28-26(25)30)27-19-11-9-18(10-12-19)15-29(16(2)3)17(4)5/h9-14,16-17,28,30H,8,15H2,1-7H3. The average Bonchev–Trinajstić information content (AvgIpc) is 3.09. The highest BCUT2D eigenvalue weighted by Crippen LogP contribution is 2.37. The van der Waals surface area contributed by atoms with Crippen LogP contribution >= 0.6 is 0 Å². The van der Waals surface area contributed by atoms with Gasteiger partial charge in [0.05, 0.1) is 36.7 Å². The lowest BCUT2D eigenvalue weighted by molar-refractivity contribution is 0.166. The Kier molecular flexibility index (Phi) is 7.46. The summed E-state index contributed by atoms with van der Waals surface area (Å²) >= 11 is 0. The Bertz CT molecular complexity index is 1070. The zero-order chi connectivity index (χ0) is 23.4. The second-order valence-corrected chi connectivity index (χ2v) is 8.54. The SMILES string of the molecule is CCC(=Nc1ccc(CN(C(C)C)C(C)C)cc1)c1c(O)[nH]c2cc(OC)c(OC)cc12. The first-order chi connectivity index (χ1) is 15.3. The van der Waals surface area contributed by atoms with Crippen molar-refractivity contribution in [3.8, 4) is 17.4 Å². The number of aromatic amines is 1. The summed E-state index contributed by atoms with van der Waals surface area (Å²) in [5.74, 6) is 1.31. The summed E-state index contributed by atoms with van der Waals surface area (Å²) in [5.41, 5.74) is 4.39. The molecule has 2 aromatic carbocycles. The topological polar surface area (TPSA) is 70.1 Å². The van der Waals surface area contributed by atoms with Crippen LogP contribution < -0.4 is 9.47 Å². The molecular weight excluding hydrogens is 402 g/mol. The average molecular weight is 438 g/mol. The van der Waals surface area contributed by atoms with Gasteiger partial charge in [-0.2, -0.15) is 0 Å². The van der Waals surface area contributed by atoms with E-state index in [-0.39, 0.29) is 5.88 Å². The van der Waals surface area contributed by atoms with E-state index >= 15 is 0 Å². The van der Waals surface area contributed by atoms with Crippen molar-refractivity contribution >= 4 is 22.3 Å². The lowest BCUT2D eigenvalue weighted by Crippen LogP contribution is -2.36. The molecule has 2 N–H and O–H groups in total. The van der Waals surface area contributed by atoms with Gasteiger partial charge >= 0.3 is 0 Å². The van der Waals surface area contributed by atoms with Crippen LogP contribution in [0.1, 0.15) is 52.2 Å². The first kappa shape index (κ1) is 23.7. The van der Waals surface area contributed by atoms with Crippen LogP contribution in [0.25, 0.3) is 10.9 Å². The summed E-state index contributed by atoms with van der Waals surface area (Å²) in [7, 11) is 3.20. The molecular formula is C26H35N3O3. The molecule has 1 heterocycles. The van der Waals surface area contributed by atoms with Gasteiger partial charge in [-0.1, -0.05) is 19.1 Å². The summed E-state index contributed by atoms with van der Waals surface area (Å²) in [6.07, 6.45) is 0.672. The molecule has 0 radical (unpaired) electrons. The quantitative estimate of drug-likeness (QED) is 0.400. The lowest BCUT2D eigenvalue weighted by Gasteiger charge is -2.30. The van der Waals surface area contributed by atoms with Crippen LogP contribution in [0.15, 0.2) is 41.4 Å². The maximum absolute atomic E-state index is 10.7. The number of benzene rings is 2. The Hall–Kier alpha value is -2.99. The van der Waals surface area contributed by atoms with E-state index in [1.807, 2.05) is 31.2 Å². The smallest absolute Gasteiger partial charge is 0.198 e.